The largest absolute Gasteiger partial charge is 0.497 e. The molecular formula is C17H14N3O+. The van der Waals surface area contributed by atoms with Crippen LogP contribution < -0.4 is 10.2 Å². The second-order valence-corrected chi connectivity index (χ2v) is 5.03. The van der Waals surface area contributed by atoms with E-state index in [-0.39, 0.29) is 0 Å². The summed E-state index contributed by atoms with van der Waals surface area (Å²) in [4.78, 5) is 4.44. The smallest absolute Gasteiger partial charge is 0.184 e. The monoisotopic (exact) mass is 276 g/mol. The summed E-state index contributed by atoms with van der Waals surface area (Å²) in [5.41, 5.74) is 6.11. The van der Waals surface area contributed by atoms with Crippen molar-refractivity contribution < 1.29 is 10.2 Å². The summed E-state index contributed by atoms with van der Waals surface area (Å²) < 4.78 is 5.26. The molecule has 4 nitrogen and oxygen atoms in total. The van der Waals surface area contributed by atoms with E-state index >= 15 is 0 Å². The maximum atomic E-state index is 5.26. The minimum atomic E-state index is 0.876. The van der Waals surface area contributed by atoms with Crippen molar-refractivity contribution in [3.63, 3.8) is 0 Å². The highest BCUT2D eigenvalue weighted by molar-refractivity contribution is 5.90. The molecule has 0 spiro atoms. The lowest BCUT2D eigenvalue weighted by Crippen LogP contribution is -2.69. The Morgan fingerprint density at radius 1 is 0.952 bits per heavy atom. The molecule has 1 aromatic heterocycles. The first-order valence-electron chi connectivity index (χ1n) is 6.78. The van der Waals surface area contributed by atoms with Crippen molar-refractivity contribution in [2.75, 3.05) is 7.11 Å². The third-order valence-electron chi connectivity index (χ3n) is 3.74. The van der Waals surface area contributed by atoms with Gasteiger partial charge >= 0.3 is 0 Å². The first-order valence-corrected chi connectivity index (χ1v) is 6.78. The summed E-state index contributed by atoms with van der Waals surface area (Å²) in [6, 6.07) is 14.6. The Kier molecular flexibility index (Phi) is 2.69. The third kappa shape index (κ3) is 2.06. The number of nitrogens with two attached hydrogens (primary N) is 1. The lowest BCUT2D eigenvalue weighted by molar-refractivity contribution is -0.573. The SMILES string of the molecule is COc1ccc2cc(-c3cnc4c(c3)[NH2+]N=C4)ccc2c1. The molecule has 0 amide bonds. The zero-order valence-corrected chi connectivity index (χ0v) is 11.6. The van der Waals surface area contributed by atoms with Crippen LogP contribution in [0.15, 0.2) is 53.8 Å². The molecule has 4 rings (SSSR count). The fourth-order valence-corrected chi connectivity index (χ4v) is 2.58. The molecule has 1 aliphatic heterocycles. The first kappa shape index (κ1) is 12.1. The van der Waals surface area contributed by atoms with Crippen LogP contribution in [-0.2, 0) is 0 Å². The first-order chi connectivity index (χ1) is 10.3. The Morgan fingerprint density at radius 3 is 2.71 bits per heavy atom. The maximum absolute atomic E-state index is 5.26. The molecule has 0 radical (unpaired) electrons. The van der Waals surface area contributed by atoms with Gasteiger partial charge in [0.2, 0.25) is 0 Å². The normalized spacial score (nSPS) is 12.6. The van der Waals surface area contributed by atoms with E-state index in [4.69, 9.17) is 4.74 Å². The van der Waals surface area contributed by atoms with Crippen molar-refractivity contribution in [2.24, 2.45) is 5.10 Å². The number of aromatic nitrogens is 1. The number of hydrogen-bond donors (Lipinski definition) is 1. The Balaban J connectivity index is 1.80. The quantitative estimate of drug-likeness (QED) is 0.731. The van der Waals surface area contributed by atoms with Gasteiger partial charge in [0, 0.05) is 17.8 Å². The zero-order chi connectivity index (χ0) is 14.2. The number of pyridine rings is 1. The number of hydrogen-bond acceptors (Lipinski definition) is 3. The van der Waals surface area contributed by atoms with Crippen LogP contribution in [0.25, 0.3) is 21.9 Å². The number of ether oxygens (including phenoxy) is 1. The number of quaternary nitrogens is 1. The van der Waals surface area contributed by atoms with Crippen LogP contribution in [-0.4, -0.2) is 18.3 Å². The molecule has 0 saturated heterocycles. The Bertz CT molecular complexity index is 871. The predicted octanol–water partition coefficient (Wildman–Crippen LogP) is 2.45. The van der Waals surface area contributed by atoms with E-state index in [1.165, 1.54) is 10.8 Å². The van der Waals surface area contributed by atoms with E-state index in [0.29, 0.717) is 0 Å². The zero-order valence-electron chi connectivity index (χ0n) is 11.6. The summed E-state index contributed by atoms with van der Waals surface area (Å²) in [6.45, 7) is 0. The number of nitrogens with zero attached hydrogens (tertiary/aromatic N) is 2. The van der Waals surface area contributed by atoms with Crippen LogP contribution in [0.3, 0.4) is 0 Å². The van der Waals surface area contributed by atoms with Gasteiger partial charge in [-0.15, -0.1) is 0 Å². The van der Waals surface area contributed by atoms with Crippen LogP contribution in [0.2, 0.25) is 0 Å². The van der Waals surface area contributed by atoms with Crippen molar-refractivity contribution in [3.8, 4) is 16.9 Å². The van der Waals surface area contributed by atoms with Gasteiger partial charge in [0.15, 0.2) is 5.69 Å². The van der Waals surface area contributed by atoms with Gasteiger partial charge in [0.25, 0.3) is 0 Å². The molecular weight excluding hydrogens is 262 g/mol. The van der Waals surface area contributed by atoms with Crippen LogP contribution in [0.4, 0.5) is 5.69 Å². The fraction of sp³-hybridized carbons (Fsp3) is 0.0588. The Hall–Kier alpha value is -2.72. The summed E-state index contributed by atoms with van der Waals surface area (Å²) in [7, 11) is 1.68. The Morgan fingerprint density at radius 2 is 1.81 bits per heavy atom. The van der Waals surface area contributed by atoms with E-state index in [0.717, 1.165) is 28.3 Å². The number of benzene rings is 2. The van der Waals surface area contributed by atoms with Gasteiger partial charge in [0.1, 0.15) is 17.7 Å². The predicted molar refractivity (Wildman–Crippen MR) is 82.9 cm³/mol. The maximum Gasteiger partial charge on any atom is 0.184 e. The van der Waals surface area contributed by atoms with Crippen LogP contribution in [0.1, 0.15) is 5.69 Å². The van der Waals surface area contributed by atoms with Gasteiger partial charge in [-0.25, -0.2) is 4.98 Å². The standard InChI is InChI=1S/C17H13N3O/c1-21-15-5-4-11-6-12(2-3-13(11)7-15)14-8-16-17(18-9-14)10-19-20-16/h2-10H,1H3,(H,19,20)/p+1. The van der Waals surface area contributed by atoms with E-state index in [1.54, 1.807) is 13.3 Å². The minimum absolute atomic E-state index is 0.876. The minimum Gasteiger partial charge on any atom is -0.497 e. The highest BCUT2D eigenvalue weighted by atomic mass is 16.5. The molecule has 3 aromatic rings. The lowest BCUT2D eigenvalue weighted by Gasteiger charge is -2.06. The van der Waals surface area contributed by atoms with E-state index in [2.05, 4.69) is 40.4 Å². The third-order valence-corrected chi connectivity index (χ3v) is 3.74. The summed E-state index contributed by atoms with van der Waals surface area (Å²) in [6.07, 6.45) is 3.68. The highest BCUT2D eigenvalue weighted by Gasteiger charge is 2.13. The summed E-state index contributed by atoms with van der Waals surface area (Å²) >= 11 is 0. The molecule has 0 fully saturated rings. The van der Waals surface area contributed by atoms with Crippen molar-refractivity contribution in [1.29, 1.82) is 0 Å². The second kappa shape index (κ2) is 4.68. The topological polar surface area (TPSA) is 51.1 Å². The number of fused-ring (bicyclic) bond motifs is 2. The summed E-state index contributed by atoms with van der Waals surface area (Å²) in [5.74, 6) is 0.876. The molecule has 0 atom stereocenters. The van der Waals surface area contributed by atoms with Gasteiger partial charge in [0.05, 0.1) is 7.11 Å². The molecule has 0 aliphatic carbocycles. The van der Waals surface area contributed by atoms with Gasteiger partial charge in [-0.05, 0) is 34.5 Å². The van der Waals surface area contributed by atoms with Gasteiger partial charge < -0.3 is 4.74 Å². The number of methoxy groups -OCH3 is 1. The molecule has 1 aliphatic rings. The molecule has 102 valence electrons. The molecule has 0 unspecified atom stereocenters. The van der Waals surface area contributed by atoms with Crippen molar-refractivity contribution >= 4 is 22.7 Å². The van der Waals surface area contributed by atoms with Gasteiger partial charge in [-0.1, -0.05) is 23.3 Å². The lowest BCUT2D eigenvalue weighted by atomic mass is 10.0. The number of rotatable bonds is 2. The van der Waals surface area contributed by atoms with E-state index in [9.17, 15) is 0 Å². The van der Waals surface area contributed by atoms with Crippen molar-refractivity contribution in [2.45, 2.75) is 0 Å². The molecule has 2 N–H and O–H groups in total. The Labute approximate surface area is 122 Å². The molecule has 2 aromatic carbocycles. The molecule has 2 heterocycles. The molecule has 21 heavy (non-hydrogen) atoms. The average molecular weight is 276 g/mol. The van der Waals surface area contributed by atoms with Gasteiger partial charge in [-0.2, -0.15) is 5.43 Å². The fourth-order valence-electron chi connectivity index (χ4n) is 2.58. The van der Waals surface area contributed by atoms with E-state index < -0.39 is 0 Å². The second-order valence-electron chi connectivity index (χ2n) is 5.03. The van der Waals surface area contributed by atoms with Gasteiger partial charge in [-0.3, -0.25) is 0 Å². The molecule has 0 saturated carbocycles. The molecule has 4 heteroatoms. The molecule has 0 bridgehead atoms. The van der Waals surface area contributed by atoms with Crippen LogP contribution >= 0.6 is 0 Å². The average Bonchev–Trinajstić information content (AvgIpc) is 3.01. The van der Waals surface area contributed by atoms with E-state index in [1.807, 2.05) is 23.8 Å². The summed E-state index contributed by atoms with van der Waals surface area (Å²) in [5, 5.41) is 6.49. The van der Waals surface area contributed by atoms with Crippen molar-refractivity contribution in [3.05, 3.63) is 54.4 Å². The van der Waals surface area contributed by atoms with Crippen molar-refractivity contribution in [1.82, 2.24) is 4.98 Å². The van der Waals surface area contributed by atoms with Crippen LogP contribution in [0, 0.1) is 0 Å². The highest BCUT2D eigenvalue weighted by Crippen LogP contribution is 2.28. The van der Waals surface area contributed by atoms with Crippen LogP contribution in [0.5, 0.6) is 5.75 Å².